The number of alkyl halides is 3. The predicted octanol–water partition coefficient (Wildman–Crippen LogP) is 2.56. The first-order valence-corrected chi connectivity index (χ1v) is 7.11. The van der Waals surface area contributed by atoms with Crippen molar-refractivity contribution in [3.63, 3.8) is 0 Å². The summed E-state index contributed by atoms with van der Waals surface area (Å²) in [4.78, 5) is 7.60. The Balaban J connectivity index is 1.92. The molecule has 3 aromatic rings. The third kappa shape index (κ3) is 3.49. The summed E-state index contributed by atoms with van der Waals surface area (Å²) < 4.78 is 40.1. The highest BCUT2D eigenvalue weighted by atomic mass is 19.4. The van der Waals surface area contributed by atoms with E-state index in [0.29, 0.717) is 5.69 Å². The van der Waals surface area contributed by atoms with Crippen molar-refractivity contribution in [2.24, 2.45) is 0 Å². The maximum atomic E-state index is 12.9. The van der Waals surface area contributed by atoms with Gasteiger partial charge in [-0.25, -0.2) is 9.67 Å². The topological polar surface area (TPSA) is 93.4 Å². The fourth-order valence-corrected chi connectivity index (χ4v) is 2.17. The van der Waals surface area contributed by atoms with Crippen LogP contribution >= 0.6 is 0 Å². The minimum atomic E-state index is -4.53. The van der Waals surface area contributed by atoms with Gasteiger partial charge < -0.3 is 10.6 Å². The molecule has 0 aliphatic rings. The Labute approximate surface area is 140 Å². The van der Waals surface area contributed by atoms with E-state index in [0.717, 1.165) is 17.4 Å². The maximum absolute atomic E-state index is 12.9. The lowest BCUT2D eigenvalue weighted by atomic mass is 10.2. The molecule has 0 spiro atoms. The van der Waals surface area contributed by atoms with Gasteiger partial charge in [-0.1, -0.05) is 6.07 Å². The number of halogens is 3. The van der Waals surface area contributed by atoms with E-state index >= 15 is 0 Å². The SMILES string of the molecule is CNc1nc(Nc2ccc(C)c(-n3cnnn3)c2)ncc1C(F)(F)F. The number of aryl methyl sites for hydroxylation is 1. The largest absolute Gasteiger partial charge is 0.421 e. The molecular weight excluding hydrogens is 337 g/mol. The number of hydrogen-bond acceptors (Lipinski definition) is 7. The lowest BCUT2D eigenvalue weighted by Crippen LogP contribution is -2.12. The van der Waals surface area contributed by atoms with E-state index in [4.69, 9.17) is 0 Å². The highest BCUT2D eigenvalue weighted by Gasteiger charge is 2.35. The van der Waals surface area contributed by atoms with Crippen LogP contribution in [0.3, 0.4) is 0 Å². The third-order valence-corrected chi connectivity index (χ3v) is 3.39. The lowest BCUT2D eigenvalue weighted by Gasteiger charge is -2.13. The first kappa shape index (κ1) is 16.6. The van der Waals surface area contributed by atoms with Gasteiger partial charge in [-0.3, -0.25) is 0 Å². The van der Waals surface area contributed by atoms with Crippen LogP contribution in [0.4, 0.5) is 30.6 Å². The fourth-order valence-electron chi connectivity index (χ4n) is 2.17. The number of benzene rings is 1. The highest BCUT2D eigenvalue weighted by Crippen LogP contribution is 2.33. The molecule has 0 aliphatic carbocycles. The summed E-state index contributed by atoms with van der Waals surface area (Å²) >= 11 is 0. The summed E-state index contributed by atoms with van der Waals surface area (Å²) in [5.74, 6) is -0.276. The van der Waals surface area contributed by atoms with Gasteiger partial charge in [0, 0.05) is 18.9 Å². The normalized spacial score (nSPS) is 11.4. The van der Waals surface area contributed by atoms with Gasteiger partial charge in [0.15, 0.2) is 0 Å². The van der Waals surface area contributed by atoms with Gasteiger partial charge in [-0.2, -0.15) is 18.2 Å². The summed E-state index contributed by atoms with van der Waals surface area (Å²) in [7, 11) is 1.36. The van der Waals surface area contributed by atoms with Crippen molar-refractivity contribution in [1.29, 1.82) is 0 Å². The van der Waals surface area contributed by atoms with Crippen molar-refractivity contribution in [3.05, 3.63) is 41.9 Å². The van der Waals surface area contributed by atoms with Gasteiger partial charge in [-0.15, -0.1) is 5.10 Å². The van der Waals surface area contributed by atoms with Crippen molar-refractivity contribution in [1.82, 2.24) is 30.2 Å². The van der Waals surface area contributed by atoms with Crippen molar-refractivity contribution in [2.45, 2.75) is 13.1 Å². The van der Waals surface area contributed by atoms with Crippen molar-refractivity contribution >= 4 is 17.5 Å². The number of hydrogen-bond donors (Lipinski definition) is 2. The second-order valence-corrected chi connectivity index (χ2v) is 5.08. The monoisotopic (exact) mass is 350 g/mol. The first-order valence-electron chi connectivity index (χ1n) is 7.11. The number of nitrogens with one attached hydrogen (secondary N) is 2. The van der Waals surface area contributed by atoms with E-state index in [1.54, 1.807) is 12.1 Å². The molecule has 0 radical (unpaired) electrons. The van der Waals surface area contributed by atoms with Crippen molar-refractivity contribution < 1.29 is 13.2 Å². The minimum Gasteiger partial charge on any atom is -0.372 e. The Morgan fingerprint density at radius 1 is 1.20 bits per heavy atom. The summed E-state index contributed by atoms with van der Waals surface area (Å²) in [6.45, 7) is 1.88. The molecule has 2 aromatic heterocycles. The standard InChI is InChI=1S/C14H13F3N8/c1-8-3-4-9(5-11(8)25-7-20-23-24-25)21-13-19-6-10(14(15,16)17)12(18-2)22-13/h3-7H,1-2H3,(H2,18,19,21,22). The average molecular weight is 350 g/mol. The summed E-state index contributed by atoms with van der Waals surface area (Å²) in [6.07, 6.45) is -2.36. The Kier molecular flexibility index (Phi) is 4.21. The Morgan fingerprint density at radius 3 is 2.64 bits per heavy atom. The van der Waals surface area contributed by atoms with Crippen LogP contribution in [-0.2, 0) is 6.18 Å². The molecule has 3 rings (SSSR count). The Hall–Kier alpha value is -3.24. The van der Waals surface area contributed by atoms with Crippen LogP contribution in [0.5, 0.6) is 0 Å². The number of aromatic nitrogens is 6. The zero-order valence-corrected chi connectivity index (χ0v) is 13.2. The van der Waals surface area contributed by atoms with Crippen molar-refractivity contribution in [2.75, 3.05) is 17.7 Å². The maximum Gasteiger partial charge on any atom is 0.421 e. The second-order valence-electron chi connectivity index (χ2n) is 5.08. The molecule has 0 amide bonds. The molecule has 8 nitrogen and oxygen atoms in total. The lowest BCUT2D eigenvalue weighted by molar-refractivity contribution is -0.137. The van der Waals surface area contributed by atoms with E-state index in [9.17, 15) is 13.2 Å². The van der Waals surface area contributed by atoms with Crippen LogP contribution in [-0.4, -0.2) is 37.2 Å². The average Bonchev–Trinajstić information content (AvgIpc) is 3.09. The van der Waals surface area contributed by atoms with E-state index in [-0.39, 0.29) is 11.8 Å². The van der Waals surface area contributed by atoms with E-state index in [2.05, 4.69) is 36.1 Å². The van der Waals surface area contributed by atoms with Crippen LogP contribution < -0.4 is 10.6 Å². The molecule has 1 aromatic carbocycles. The molecule has 0 saturated heterocycles. The quantitative estimate of drug-likeness (QED) is 0.747. The number of anilines is 3. The van der Waals surface area contributed by atoms with E-state index in [1.165, 1.54) is 18.1 Å². The number of rotatable bonds is 4. The zero-order chi connectivity index (χ0) is 18.0. The molecule has 0 saturated carbocycles. The van der Waals surface area contributed by atoms with Crippen LogP contribution in [0.1, 0.15) is 11.1 Å². The van der Waals surface area contributed by atoms with Gasteiger partial charge in [0.05, 0.1) is 5.69 Å². The molecule has 2 N–H and O–H groups in total. The molecule has 11 heteroatoms. The molecule has 2 heterocycles. The van der Waals surface area contributed by atoms with Gasteiger partial charge in [0.2, 0.25) is 5.95 Å². The Morgan fingerprint density at radius 2 is 2.00 bits per heavy atom. The summed E-state index contributed by atoms with van der Waals surface area (Å²) in [5.41, 5.74) is 1.29. The number of tetrazole rings is 1. The summed E-state index contributed by atoms with van der Waals surface area (Å²) in [6, 6.07) is 5.32. The fraction of sp³-hybridized carbons (Fsp3) is 0.214. The van der Waals surface area contributed by atoms with Gasteiger partial charge >= 0.3 is 6.18 Å². The van der Waals surface area contributed by atoms with Gasteiger partial charge in [-0.05, 0) is 35.0 Å². The van der Waals surface area contributed by atoms with Gasteiger partial charge in [0.1, 0.15) is 17.7 Å². The van der Waals surface area contributed by atoms with Gasteiger partial charge in [0.25, 0.3) is 0 Å². The van der Waals surface area contributed by atoms with Crippen molar-refractivity contribution in [3.8, 4) is 5.69 Å². The predicted molar refractivity (Wildman–Crippen MR) is 83.8 cm³/mol. The zero-order valence-electron chi connectivity index (χ0n) is 13.2. The third-order valence-electron chi connectivity index (χ3n) is 3.39. The molecule has 0 bridgehead atoms. The number of nitrogens with zero attached hydrogens (tertiary/aromatic N) is 6. The molecular formula is C14H13F3N8. The van der Waals surface area contributed by atoms with E-state index < -0.39 is 11.7 Å². The van der Waals surface area contributed by atoms with Crippen LogP contribution in [0.15, 0.2) is 30.7 Å². The van der Waals surface area contributed by atoms with Crippen LogP contribution in [0, 0.1) is 6.92 Å². The van der Waals surface area contributed by atoms with E-state index in [1.807, 2.05) is 13.0 Å². The summed E-state index contributed by atoms with van der Waals surface area (Å²) in [5, 5.41) is 16.3. The molecule has 0 atom stereocenters. The molecule has 0 aliphatic heterocycles. The molecule has 0 unspecified atom stereocenters. The Bertz CT molecular complexity index is 876. The first-order chi connectivity index (χ1) is 11.9. The molecule has 130 valence electrons. The molecule has 25 heavy (non-hydrogen) atoms. The molecule has 0 fully saturated rings. The highest BCUT2D eigenvalue weighted by molar-refractivity contribution is 5.61. The smallest absolute Gasteiger partial charge is 0.372 e. The van der Waals surface area contributed by atoms with Crippen LogP contribution in [0.25, 0.3) is 5.69 Å². The van der Waals surface area contributed by atoms with Crippen LogP contribution in [0.2, 0.25) is 0 Å². The second kappa shape index (κ2) is 6.34. The minimum absolute atomic E-state index is 0.0314.